The molecular formula is C17H25ClN4S. The van der Waals surface area contributed by atoms with Crippen molar-refractivity contribution in [2.24, 2.45) is 0 Å². The molecule has 4 nitrogen and oxygen atoms in total. The third-order valence-electron chi connectivity index (χ3n) is 4.53. The van der Waals surface area contributed by atoms with Gasteiger partial charge in [0.05, 0.1) is 5.39 Å². The fourth-order valence-corrected chi connectivity index (χ4v) is 5.19. The molecule has 126 valence electrons. The summed E-state index contributed by atoms with van der Waals surface area (Å²) >= 11 is 7.83. The lowest BCUT2D eigenvalue weighted by Crippen LogP contribution is -2.60. The van der Waals surface area contributed by atoms with Crippen molar-refractivity contribution in [2.75, 3.05) is 5.32 Å². The molecule has 1 aliphatic rings. The molecule has 0 aromatic carbocycles. The van der Waals surface area contributed by atoms with Crippen LogP contribution in [-0.2, 0) is 0 Å². The highest BCUT2D eigenvalue weighted by atomic mass is 35.5. The predicted molar refractivity (Wildman–Crippen MR) is 99.8 cm³/mol. The first-order valence-electron chi connectivity index (χ1n) is 8.05. The van der Waals surface area contributed by atoms with Crippen LogP contribution in [-0.4, -0.2) is 27.1 Å². The van der Waals surface area contributed by atoms with Crippen LogP contribution in [0.3, 0.4) is 0 Å². The number of hydrogen-bond acceptors (Lipinski definition) is 5. The molecule has 0 radical (unpaired) electrons. The molecule has 1 saturated heterocycles. The fraction of sp³-hybridized carbons (Fsp3) is 0.647. The van der Waals surface area contributed by atoms with Crippen LogP contribution < -0.4 is 10.6 Å². The summed E-state index contributed by atoms with van der Waals surface area (Å²) in [6, 6.07) is 0.357. The topological polar surface area (TPSA) is 49.8 Å². The zero-order valence-electron chi connectivity index (χ0n) is 14.7. The Kier molecular flexibility index (Phi) is 4.10. The Bertz CT molecular complexity index is 735. The van der Waals surface area contributed by atoms with Gasteiger partial charge in [-0.3, -0.25) is 0 Å². The molecule has 0 atom stereocenters. The van der Waals surface area contributed by atoms with Crippen LogP contribution in [0.5, 0.6) is 0 Å². The van der Waals surface area contributed by atoms with E-state index in [1.807, 2.05) is 0 Å². The Balaban J connectivity index is 1.98. The van der Waals surface area contributed by atoms with E-state index in [9.17, 15) is 0 Å². The SMILES string of the molecule is Cc1sc2nc(Cl)nc(NC3CC(C)(C)NC(C)(C)C3)c2c1C. The number of nitrogens with zero attached hydrogens (tertiary/aromatic N) is 2. The Hall–Kier alpha value is -0.910. The minimum atomic E-state index is 0.0922. The molecule has 0 aliphatic carbocycles. The number of nitrogens with one attached hydrogen (secondary N) is 2. The van der Waals surface area contributed by atoms with Gasteiger partial charge in [0.25, 0.3) is 0 Å². The van der Waals surface area contributed by atoms with Crippen molar-refractivity contribution in [1.82, 2.24) is 15.3 Å². The van der Waals surface area contributed by atoms with Crippen LogP contribution in [0.4, 0.5) is 5.82 Å². The van der Waals surface area contributed by atoms with Crippen LogP contribution in [0.25, 0.3) is 10.2 Å². The lowest BCUT2D eigenvalue weighted by molar-refractivity contribution is 0.170. The Morgan fingerprint density at radius 3 is 2.35 bits per heavy atom. The summed E-state index contributed by atoms with van der Waals surface area (Å²) in [5.74, 6) is 0.875. The second-order valence-corrected chi connectivity index (χ2v) is 9.49. The molecule has 3 rings (SSSR count). The van der Waals surface area contributed by atoms with Crippen LogP contribution in [0.15, 0.2) is 0 Å². The first kappa shape index (κ1) is 16.9. The highest BCUT2D eigenvalue weighted by molar-refractivity contribution is 7.18. The number of aromatic nitrogens is 2. The Labute approximate surface area is 147 Å². The summed E-state index contributed by atoms with van der Waals surface area (Å²) in [6.45, 7) is 13.3. The van der Waals surface area contributed by atoms with Crippen molar-refractivity contribution < 1.29 is 0 Å². The zero-order valence-corrected chi connectivity index (χ0v) is 16.2. The molecule has 0 amide bonds. The number of fused-ring (bicyclic) bond motifs is 1. The summed E-state index contributed by atoms with van der Waals surface area (Å²) in [7, 11) is 0. The van der Waals surface area contributed by atoms with Crippen molar-refractivity contribution in [3.63, 3.8) is 0 Å². The maximum Gasteiger partial charge on any atom is 0.225 e. The molecule has 2 aromatic rings. The van der Waals surface area contributed by atoms with Gasteiger partial charge in [-0.15, -0.1) is 11.3 Å². The number of halogens is 1. The van der Waals surface area contributed by atoms with Gasteiger partial charge in [0.1, 0.15) is 10.6 Å². The minimum Gasteiger partial charge on any atom is -0.367 e. The number of anilines is 1. The lowest BCUT2D eigenvalue weighted by atomic mass is 9.79. The molecule has 0 spiro atoms. The molecule has 0 unspecified atom stereocenters. The average Bonchev–Trinajstić information content (AvgIpc) is 2.60. The highest BCUT2D eigenvalue weighted by Crippen LogP contribution is 2.36. The average molecular weight is 353 g/mol. The molecule has 0 bridgehead atoms. The molecule has 1 fully saturated rings. The summed E-state index contributed by atoms with van der Waals surface area (Å²) in [5.41, 5.74) is 1.43. The van der Waals surface area contributed by atoms with E-state index in [1.54, 1.807) is 11.3 Å². The molecule has 3 heterocycles. The standard InChI is InChI=1S/C17H25ClN4S/c1-9-10(2)23-14-12(9)13(20-15(18)21-14)19-11-7-16(3,4)22-17(5,6)8-11/h11,22H,7-8H2,1-6H3,(H,19,20,21). The Morgan fingerprint density at radius 2 is 1.74 bits per heavy atom. The quantitative estimate of drug-likeness (QED) is 0.770. The number of rotatable bonds is 2. The van der Waals surface area contributed by atoms with E-state index in [1.165, 1.54) is 10.4 Å². The third kappa shape index (κ3) is 3.47. The maximum atomic E-state index is 6.15. The summed E-state index contributed by atoms with van der Waals surface area (Å²) in [6.07, 6.45) is 2.09. The van der Waals surface area contributed by atoms with Gasteiger partial charge < -0.3 is 10.6 Å². The third-order valence-corrected chi connectivity index (χ3v) is 5.80. The van der Waals surface area contributed by atoms with Crippen molar-refractivity contribution in [3.8, 4) is 0 Å². The van der Waals surface area contributed by atoms with E-state index >= 15 is 0 Å². The van der Waals surface area contributed by atoms with Gasteiger partial charge in [0, 0.05) is 22.0 Å². The number of hydrogen-bond donors (Lipinski definition) is 2. The van der Waals surface area contributed by atoms with Crippen LogP contribution in [0, 0.1) is 13.8 Å². The molecule has 6 heteroatoms. The summed E-state index contributed by atoms with van der Waals surface area (Å²) in [5, 5.41) is 8.81. The van der Waals surface area contributed by atoms with E-state index in [-0.39, 0.29) is 11.1 Å². The second-order valence-electron chi connectivity index (χ2n) is 7.95. The van der Waals surface area contributed by atoms with Crippen LogP contribution >= 0.6 is 22.9 Å². The summed E-state index contributed by atoms with van der Waals surface area (Å²) < 4.78 is 0. The van der Waals surface area contributed by atoms with Crippen LogP contribution in [0.1, 0.15) is 51.0 Å². The van der Waals surface area contributed by atoms with E-state index in [2.05, 4.69) is 62.1 Å². The van der Waals surface area contributed by atoms with Gasteiger partial charge >= 0.3 is 0 Å². The van der Waals surface area contributed by atoms with E-state index in [0.717, 1.165) is 28.9 Å². The highest BCUT2D eigenvalue weighted by Gasteiger charge is 2.38. The van der Waals surface area contributed by atoms with Crippen molar-refractivity contribution in [2.45, 2.75) is 71.5 Å². The fourth-order valence-electron chi connectivity index (χ4n) is 3.95. The van der Waals surface area contributed by atoms with E-state index in [4.69, 9.17) is 11.6 Å². The smallest absolute Gasteiger partial charge is 0.225 e. The number of thiophene rings is 1. The predicted octanol–water partition coefficient (Wildman–Crippen LogP) is 4.68. The van der Waals surface area contributed by atoms with Crippen molar-refractivity contribution in [3.05, 3.63) is 15.7 Å². The molecule has 1 aliphatic heterocycles. The van der Waals surface area contributed by atoms with Gasteiger partial charge in [0.15, 0.2) is 0 Å². The zero-order chi connectivity index (χ0) is 17.0. The number of aryl methyl sites for hydroxylation is 2. The Morgan fingerprint density at radius 1 is 1.13 bits per heavy atom. The van der Waals surface area contributed by atoms with Crippen molar-refractivity contribution >= 4 is 39.0 Å². The maximum absolute atomic E-state index is 6.15. The van der Waals surface area contributed by atoms with Gasteiger partial charge in [-0.25, -0.2) is 9.97 Å². The van der Waals surface area contributed by atoms with Gasteiger partial charge in [0.2, 0.25) is 5.28 Å². The first-order valence-corrected chi connectivity index (χ1v) is 9.25. The second kappa shape index (κ2) is 5.57. The summed E-state index contributed by atoms with van der Waals surface area (Å²) in [4.78, 5) is 11.1. The van der Waals surface area contributed by atoms with E-state index in [0.29, 0.717) is 11.3 Å². The minimum absolute atomic E-state index is 0.0922. The molecule has 23 heavy (non-hydrogen) atoms. The van der Waals surface area contributed by atoms with Crippen LogP contribution in [0.2, 0.25) is 5.28 Å². The van der Waals surface area contributed by atoms with Gasteiger partial charge in [-0.1, -0.05) is 0 Å². The lowest BCUT2D eigenvalue weighted by Gasteiger charge is -2.46. The molecular weight excluding hydrogens is 328 g/mol. The van der Waals surface area contributed by atoms with Gasteiger partial charge in [-0.2, -0.15) is 0 Å². The monoisotopic (exact) mass is 352 g/mol. The van der Waals surface area contributed by atoms with Crippen molar-refractivity contribution in [1.29, 1.82) is 0 Å². The largest absolute Gasteiger partial charge is 0.367 e. The normalized spacial score (nSPS) is 20.8. The van der Waals surface area contributed by atoms with E-state index < -0.39 is 0 Å². The number of piperidine rings is 1. The first-order chi connectivity index (χ1) is 10.6. The molecule has 2 aromatic heterocycles. The molecule has 2 N–H and O–H groups in total. The van der Waals surface area contributed by atoms with Gasteiger partial charge in [-0.05, 0) is 71.5 Å². The molecule has 0 saturated carbocycles.